The van der Waals surface area contributed by atoms with Crippen LogP contribution >= 0.6 is 0 Å². The molecule has 4 aliphatic carbocycles. The highest BCUT2D eigenvalue weighted by Crippen LogP contribution is 2.70. The molecule has 0 aromatic rings. The fraction of sp³-hybridized carbons (Fsp3) is 0.879. The molecule has 5 fully saturated rings. The van der Waals surface area contributed by atoms with Crippen molar-refractivity contribution in [3.8, 4) is 0 Å². The Labute approximate surface area is 254 Å². The zero-order chi connectivity index (χ0) is 30.6. The van der Waals surface area contributed by atoms with Gasteiger partial charge in [-0.2, -0.15) is 0 Å². The van der Waals surface area contributed by atoms with Gasteiger partial charge < -0.3 is 39.4 Å². The van der Waals surface area contributed by atoms with Crippen molar-refractivity contribution in [1.29, 1.82) is 0 Å². The first-order valence-electron chi connectivity index (χ1n) is 16.5. The maximum Gasteiger partial charge on any atom is 0.331 e. The molecular formula is C33H51NO9. The minimum absolute atomic E-state index is 0.00313. The summed E-state index contributed by atoms with van der Waals surface area (Å²) in [4.78, 5) is 16.7. The van der Waals surface area contributed by atoms with Crippen molar-refractivity contribution in [2.24, 2.45) is 33.6 Å². The Bertz CT molecular complexity index is 1110. The third-order valence-corrected chi connectivity index (χ3v) is 12.7. The summed E-state index contributed by atoms with van der Waals surface area (Å²) in [6.07, 6.45) is 8.64. The molecule has 4 N–H and O–H groups in total. The number of esters is 1. The van der Waals surface area contributed by atoms with E-state index in [2.05, 4.69) is 6.92 Å². The lowest BCUT2D eigenvalue weighted by Gasteiger charge is -2.66. The summed E-state index contributed by atoms with van der Waals surface area (Å²) in [6.45, 7) is 4.90. The average Bonchev–Trinajstić information content (AvgIpc) is 3.52. The van der Waals surface area contributed by atoms with Crippen molar-refractivity contribution in [3.63, 3.8) is 0 Å². The molecule has 242 valence electrons. The summed E-state index contributed by atoms with van der Waals surface area (Å²) in [5.41, 5.74) is -1.93. The second kappa shape index (κ2) is 11.8. The summed E-state index contributed by atoms with van der Waals surface area (Å²) < 4.78 is 23.2. The Balaban J connectivity index is 1.26. The number of methoxy groups -OCH3 is 1. The smallest absolute Gasteiger partial charge is 0.331 e. The first-order valence-corrected chi connectivity index (χ1v) is 16.5. The Morgan fingerprint density at radius 2 is 1.91 bits per heavy atom. The molecule has 0 amide bonds. The van der Waals surface area contributed by atoms with Crippen LogP contribution < -0.4 is 0 Å². The van der Waals surface area contributed by atoms with Crippen molar-refractivity contribution in [2.45, 2.75) is 126 Å². The molecule has 0 aromatic heterocycles. The van der Waals surface area contributed by atoms with Gasteiger partial charge in [-0.25, -0.2) is 4.79 Å². The first-order chi connectivity index (χ1) is 20.5. The Morgan fingerprint density at radius 1 is 1.12 bits per heavy atom. The van der Waals surface area contributed by atoms with Crippen molar-refractivity contribution >= 4 is 12.2 Å². The summed E-state index contributed by atoms with van der Waals surface area (Å²) >= 11 is 0. The third-order valence-electron chi connectivity index (χ3n) is 12.7. The highest BCUT2D eigenvalue weighted by molar-refractivity contribution is 5.85. The monoisotopic (exact) mass is 605 g/mol. The van der Waals surface area contributed by atoms with Crippen LogP contribution in [0.25, 0.3) is 0 Å². The molecule has 43 heavy (non-hydrogen) atoms. The van der Waals surface area contributed by atoms with Gasteiger partial charge in [0.05, 0.1) is 29.5 Å². The van der Waals surface area contributed by atoms with E-state index < -0.39 is 35.1 Å². The first kappa shape index (κ1) is 31.6. The number of cyclic esters (lactones) is 1. The number of carbonyl (C=O) groups is 1. The molecule has 4 saturated carbocycles. The Morgan fingerprint density at radius 3 is 2.63 bits per heavy atom. The molecule has 1 saturated heterocycles. The lowest BCUT2D eigenvalue weighted by molar-refractivity contribution is -0.284. The molecule has 0 unspecified atom stereocenters. The van der Waals surface area contributed by atoms with Crippen LogP contribution in [0.1, 0.15) is 84.5 Å². The summed E-state index contributed by atoms with van der Waals surface area (Å²) in [7, 11) is 1.59. The number of fused-ring (bicyclic) bond motifs is 5. The van der Waals surface area contributed by atoms with E-state index in [0.717, 1.165) is 31.3 Å². The highest BCUT2D eigenvalue weighted by Gasteiger charge is 2.71. The minimum Gasteiger partial charge on any atom is -0.458 e. The maximum absolute atomic E-state index is 12.6. The number of nitrogens with zero attached hydrogens (tertiary/aromatic N) is 1. The van der Waals surface area contributed by atoms with Gasteiger partial charge in [0, 0.05) is 56.2 Å². The summed E-state index contributed by atoms with van der Waals surface area (Å²) in [5, 5.41) is 45.0. The van der Waals surface area contributed by atoms with Crippen LogP contribution in [0.5, 0.6) is 0 Å². The SMILES string of the molecule is CO[C@@H]1C[C@H](O[C@@H]2CC[C@]3(C=NCCCO)[C@H]4CC[C@]5(C)[C@H](C6=CC(=O)OC6)CC[C@]5(O)[C@@H]4CC[C@]3(O)C2)O[C@H](C)[C@@H]1O. The molecule has 2 heterocycles. The van der Waals surface area contributed by atoms with Crippen LogP contribution in [-0.4, -0.2) is 101 Å². The molecule has 2 aliphatic heterocycles. The molecule has 0 bridgehead atoms. The van der Waals surface area contributed by atoms with Gasteiger partial charge in [-0.05, 0) is 88.0 Å². The van der Waals surface area contributed by atoms with E-state index in [1.54, 1.807) is 13.2 Å². The topological polar surface area (TPSA) is 147 Å². The van der Waals surface area contributed by atoms with Crippen molar-refractivity contribution in [2.75, 3.05) is 26.9 Å². The summed E-state index contributed by atoms with van der Waals surface area (Å²) in [6, 6.07) is 0. The predicted octanol–water partition coefficient (Wildman–Crippen LogP) is 2.69. The number of carbonyl (C=O) groups excluding carboxylic acids is 1. The molecule has 10 heteroatoms. The van der Waals surface area contributed by atoms with Gasteiger partial charge in [-0.3, -0.25) is 4.99 Å². The van der Waals surface area contributed by atoms with Gasteiger partial charge in [-0.1, -0.05) is 6.92 Å². The molecule has 10 nitrogen and oxygen atoms in total. The van der Waals surface area contributed by atoms with Crippen molar-refractivity contribution in [1.82, 2.24) is 0 Å². The Kier molecular flexibility index (Phi) is 8.63. The fourth-order valence-corrected chi connectivity index (χ4v) is 10.4. The number of ether oxygens (including phenoxy) is 4. The quantitative estimate of drug-likeness (QED) is 0.142. The molecule has 6 rings (SSSR count). The second-order valence-corrected chi connectivity index (χ2v) is 14.5. The van der Waals surface area contributed by atoms with E-state index in [-0.39, 0.29) is 48.0 Å². The van der Waals surface area contributed by atoms with Gasteiger partial charge >= 0.3 is 5.97 Å². The van der Waals surface area contributed by atoms with Gasteiger partial charge in [-0.15, -0.1) is 0 Å². The van der Waals surface area contributed by atoms with Crippen LogP contribution in [0.4, 0.5) is 0 Å². The van der Waals surface area contributed by atoms with E-state index in [1.165, 1.54) is 0 Å². The van der Waals surface area contributed by atoms with Crippen LogP contribution in [0.3, 0.4) is 0 Å². The lowest BCUT2D eigenvalue weighted by atomic mass is 9.41. The standard InChI is InChI=1S/C33H51NO9/c1-20-29(37)26(40-3)16-28(42-20)43-22-5-10-31(19-34-13-4-14-35)24-6-9-30(2)23(21-15-27(36)41-18-21)8-12-33(30,39)25(24)7-11-32(31,38)17-22/h15,19-20,22-26,28-29,35,37-39H,4-14,16-18H2,1-3H3/t20-,22-,23+,24+,25-,26-,28+,29+,30-,31+,32+,33+/m1/s1. The van der Waals surface area contributed by atoms with Gasteiger partial charge in [0.1, 0.15) is 12.7 Å². The van der Waals surface area contributed by atoms with E-state index in [9.17, 15) is 25.2 Å². The van der Waals surface area contributed by atoms with Gasteiger partial charge in [0.2, 0.25) is 0 Å². The second-order valence-electron chi connectivity index (χ2n) is 14.5. The molecular weight excluding hydrogens is 554 g/mol. The number of rotatable bonds is 8. The average molecular weight is 606 g/mol. The van der Waals surface area contributed by atoms with Crippen LogP contribution in [0, 0.1) is 28.6 Å². The van der Waals surface area contributed by atoms with Crippen molar-refractivity contribution < 1.29 is 44.2 Å². The number of aliphatic imine (C=N–C) groups is 1. The van der Waals surface area contributed by atoms with E-state index in [1.807, 2.05) is 13.1 Å². The van der Waals surface area contributed by atoms with Gasteiger partial charge in [0.15, 0.2) is 6.29 Å². The zero-order valence-electron chi connectivity index (χ0n) is 26.0. The number of aliphatic hydroxyl groups is 4. The van der Waals surface area contributed by atoms with E-state index in [4.69, 9.17) is 23.9 Å². The third kappa shape index (κ3) is 5.04. The Hall–Kier alpha value is -1.40. The number of aliphatic hydroxyl groups excluding tert-OH is 2. The number of hydrogen-bond donors (Lipinski definition) is 4. The largest absolute Gasteiger partial charge is 0.458 e. The van der Waals surface area contributed by atoms with Crippen LogP contribution in [0.2, 0.25) is 0 Å². The minimum atomic E-state index is -1.06. The molecule has 0 radical (unpaired) electrons. The van der Waals surface area contributed by atoms with Crippen LogP contribution in [0.15, 0.2) is 16.6 Å². The summed E-state index contributed by atoms with van der Waals surface area (Å²) in [5.74, 6) is -0.125. The van der Waals surface area contributed by atoms with Gasteiger partial charge in [0.25, 0.3) is 0 Å². The van der Waals surface area contributed by atoms with E-state index in [0.29, 0.717) is 58.1 Å². The zero-order valence-corrected chi connectivity index (χ0v) is 26.0. The van der Waals surface area contributed by atoms with Crippen LogP contribution in [-0.2, 0) is 23.7 Å². The molecule has 0 aromatic carbocycles. The van der Waals surface area contributed by atoms with E-state index >= 15 is 0 Å². The molecule has 12 atom stereocenters. The predicted molar refractivity (Wildman–Crippen MR) is 157 cm³/mol. The lowest BCUT2D eigenvalue weighted by Crippen LogP contribution is -2.69. The maximum atomic E-state index is 12.6. The fourth-order valence-electron chi connectivity index (χ4n) is 10.4. The normalized spacial score (nSPS) is 49.7. The number of hydrogen-bond acceptors (Lipinski definition) is 10. The molecule has 6 aliphatic rings. The highest BCUT2D eigenvalue weighted by atomic mass is 16.7. The molecule has 0 spiro atoms. The van der Waals surface area contributed by atoms with Crippen molar-refractivity contribution in [3.05, 3.63) is 11.6 Å².